The van der Waals surface area contributed by atoms with Crippen molar-refractivity contribution in [2.24, 2.45) is 4.74 Å². The maximum absolute atomic E-state index is 15.5. The first-order valence-corrected chi connectivity index (χ1v) is 17.7. The van der Waals surface area contributed by atoms with Crippen molar-refractivity contribution in [3.63, 3.8) is 0 Å². The molecular formula is C33H37ClF2N5O10P. The van der Waals surface area contributed by atoms with Crippen LogP contribution < -0.4 is 29.9 Å². The molecule has 2 unspecified atom stereocenters. The molecule has 0 aliphatic carbocycles. The van der Waals surface area contributed by atoms with Gasteiger partial charge >= 0.3 is 25.7 Å². The van der Waals surface area contributed by atoms with E-state index in [1.54, 1.807) is 45.2 Å². The van der Waals surface area contributed by atoms with Crippen LogP contribution in [0, 0.1) is 0 Å². The van der Waals surface area contributed by atoms with E-state index in [0.717, 1.165) is 19.2 Å². The number of hydrogen-bond acceptors (Lipinski definition) is 13. The second-order valence-corrected chi connectivity index (χ2v) is 13.7. The van der Waals surface area contributed by atoms with Crippen molar-refractivity contribution in [2.45, 2.75) is 76.2 Å². The van der Waals surface area contributed by atoms with Crippen molar-refractivity contribution < 1.29 is 51.8 Å². The summed E-state index contributed by atoms with van der Waals surface area (Å²) < 4.78 is 63.1. The Morgan fingerprint density at radius 3 is 2.56 bits per heavy atom. The molecule has 0 spiro atoms. The van der Waals surface area contributed by atoms with Crippen molar-refractivity contribution in [2.75, 3.05) is 25.5 Å². The third kappa shape index (κ3) is 9.21. The van der Waals surface area contributed by atoms with E-state index in [1.165, 1.54) is 31.2 Å². The topological polar surface area (TPSA) is 186 Å². The molecule has 19 heteroatoms. The van der Waals surface area contributed by atoms with Crippen molar-refractivity contribution >= 4 is 37.5 Å². The molecule has 2 aliphatic heterocycles. The van der Waals surface area contributed by atoms with Gasteiger partial charge in [0.15, 0.2) is 17.9 Å². The van der Waals surface area contributed by atoms with Crippen LogP contribution in [0.15, 0.2) is 64.3 Å². The highest BCUT2D eigenvalue weighted by atomic mass is 35.5. The number of likely N-dealkylation sites (tertiary alicyclic amines) is 1. The molecule has 2 N–H and O–H groups in total. The summed E-state index contributed by atoms with van der Waals surface area (Å²) in [5.41, 5.74) is -1.16. The van der Waals surface area contributed by atoms with Gasteiger partial charge in [0.05, 0.1) is 12.1 Å². The Balaban J connectivity index is 1.35. The minimum absolute atomic E-state index is 0.0202. The highest BCUT2D eigenvalue weighted by Gasteiger charge is 2.60. The molecule has 0 radical (unpaired) electrons. The van der Waals surface area contributed by atoms with E-state index in [0.29, 0.717) is 16.0 Å². The number of aromatic nitrogens is 2. The van der Waals surface area contributed by atoms with Gasteiger partial charge in [0.25, 0.3) is 0 Å². The lowest BCUT2D eigenvalue weighted by atomic mass is 10.1. The Bertz CT molecular complexity index is 1850. The number of amides is 1. The molecule has 2 aromatic carbocycles. The smallest absolute Gasteiger partial charge is 0.395 e. The second kappa shape index (κ2) is 16.6. The molecule has 2 fully saturated rings. The zero-order chi connectivity index (χ0) is 37.7. The zero-order valence-corrected chi connectivity index (χ0v) is 30.1. The Labute approximate surface area is 303 Å². The number of anilines is 1. The fraction of sp³-hybridized carbons (Fsp3) is 0.455. The normalized spacial score (nSPS) is 22.2. The lowest BCUT2D eigenvalue weighted by Crippen LogP contribution is -2.42. The second-order valence-electron chi connectivity index (χ2n) is 12.3. The van der Waals surface area contributed by atoms with Crippen LogP contribution in [0.1, 0.15) is 39.8 Å². The van der Waals surface area contributed by atoms with E-state index in [1.807, 2.05) is 4.90 Å². The van der Waals surface area contributed by atoms with E-state index in [-0.39, 0.29) is 34.7 Å². The molecule has 52 heavy (non-hydrogen) atoms. The van der Waals surface area contributed by atoms with Gasteiger partial charge in [-0.15, -0.1) is 0 Å². The maximum Gasteiger partial charge on any atom is 0.395 e. The molecule has 1 aromatic heterocycles. The lowest BCUT2D eigenvalue weighted by molar-refractivity contribution is -0.170. The molecule has 1 amide bonds. The van der Waals surface area contributed by atoms with Gasteiger partial charge in [0.1, 0.15) is 24.3 Å². The molecule has 2 saturated heterocycles. The van der Waals surface area contributed by atoms with Gasteiger partial charge in [0.2, 0.25) is 23.6 Å². The van der Waals surface area contributed by atoms with Gasteiger partial charge in [-0.25, -0.2) is 9.59 Å². The van der Waals surface area contributed by atoms with Crippen molar-refractivity contribution in [3.05, 3.63) is 70.2 Å². The fourth-order valence-corrected chi connectivity index (χ4v) is 6.29. The molecule has 280 valence electrons. The van der Waals surface area contributed by atoms with E-state index in [4.69, 9.17) is 35.1 Å². The summed E-state index contributed by atoms with van der Waals surface area (Å²) in [6.45, 7) is 4.65. The molecule has 0 saturated carbocycles. The number of halogens is 3. The van der Waals surface area contributed by atoms with Crippen LogP contribution in [-0.4, -0.2) is 88.0 Å². The predicted molar refractivity (Wildman–Crippen MR) is 182 cm³/mol. The third-order valence-electron chi connectivity index (χ3n) is 8.05. The molecule has 2 aliphatic rings. The first kappa shape index (κ1) is 39.0. The zero-order valence-electron chi connectivity index (χ0n) is 28.5. The van der Waals surface area contributed by atoms with Crippen molar-refractivity contribution in [1.29, 1.82) is 0 Å². The minimum Gasteiger partial charge on any atom is -0.575 e. The Morgan fingerprint density at radius 2 is 1.90 bits per heavy atom. The molecule has 3 aromatic rings. The minimum atomic E-state index is -4.00. The summed E-state index contributed by atoms with van der Waals surface area (Å²) in [5.74, 6) is -5.42. The third-order valence-corrected chi connectivity index (χ3v) is 9.19. The van der Waals surface area contributed by atoms with Crippen LogP contribution in [0.4, 0.5) is 14.6 Å². The number of aliphatic hydroxyl groups is 1. The highest BCUT2D eigenvalue weighted by Crippen LogP contribution is 2.45. The summed E-state index contributed by atoms with van der Waals surface area (Å²) in [7, 11) is -1.11. The summed E-state index contributed by atoms with van der Waals surface area (Å²) in [6, 6.07) is 10.1. The van der Waals surface area contributed by atoms with Crippen LogP contribution in [0.3, 0.4) is 0 Å². The van der Waals surface area contributed by atoms with E-state index in [9.17, 15) is 24.4 Å². The fourth-order valence-electron chi connectivity index (χ4n) is 5.43. The number of benzene rings is 2. The first-order chi connectivity index (χ1) is 24.6. The van der Waals surface area contributed by atoms with Crippen LogP contribution in [0.2, 0.25) is 5.02 Å². The van der Waals surface area contributed by atoms with Gasteiger partial charge in [-0.2, -0.15) is 13.8 Å². The highest BCUT2D eigenvalue weighted by molar-refractivity contribution is 7.34. The number of para-hydroxylation sites is 1. The standard InChI is InChI=1S/C33H37ClF2N5O10P/c1-18(2)48-30(44)19(3)39-52(46)51-24-9-5-8-23(49-21-12-10-20(34)11-13-21)27(24)47-17-25-28(42)33(35,36)31(50-25)41-16-14-26(38-32(41)45)37-29(43)22-7-6-15-40(22)4/h5,8-14,16,18-19,22,25,28,31,42H,6-7,15,17H2,1-4H3,(H,37,38,43,45)/t19-,22-,25+,28+,31?/m0/s1. The number of esters is 1. The van der Waals surface area contributed by atoms with Gasteiger partial charge in [0, 0.05) is 11.2 Å². The van der Waals surface area contributed by atoms with E-state index in [2.05, 4.69) is 15.0 Å². The maximum atomic E-state index is 15.5. The molecular weight excluding hydrogens is 731 g/mol. The summed E-state index contributed by atoms with van der Waals surface area (Å²) >= 11 is 5.98. The van der Waals surface area contributed by atoms with Gasteiger partial charge in [-0.05, 0) is 89.7 Å². The number of aliphatic hydroxyl groups excluding tert-OH is 1. The largest absolute Gasteiger partial charge is 0.575 e. The van der Waals surface area contributed by atoms with Crippen molar-refractivity contribution in [3.8, 4) is 23.0 Å². The number of alkyl halides is 2. The summed E-state index contributed by atoms with van der Waals surface area (Å²) in [6.07, 6.45) is -4.48. The number of rotatable bonds is 13. The number of carbonyl (C=O) groups excluding carboxylic acids is 2. The Kier molecular flexibility index (Phi) is 12.4. The lowest BCUT2D eigenvalue weighted by Gasteiger charge is -2.21. The quantitative estimate of drug-likeness (QED) is 0.186. The SMILES string of the molecule is CC(C)OC(=O)[C@H](C)N=[P+]([O-])Oc1cccc(Oc2ccc(Cl)cc2)c1OC[C@H]1OC(n2ccc(NC(=O)[C@@H]3CCCN3C)nc2=O)C(F)(F)[C@@H]1O. The summed E-state index contributed by atoms with van der Waals surface area (Å²) in [5, 5.41) is 13.6. The molecule has 15 nitrogen and oxygen atoms in total. The molecule has 3 heterocycles. The van der Waals surface area contributed by atoms with Crippen LogP contribution in [0.25, 0.3) is 0 Å². The van der Waals surface area contributed by atoms with E-state index < -0.39 is 69.0 Å². The number of nitrogens with zero attached hydrogens (tertiary/aromatic N) is 4. The van der Waals surface area contributed by atoms with Gasteiger partial charge in [-0.3, -0.25) is 18.8 Å². The van der Waals surface area contributed by atoms with Crippen LogP contribution in [0.5, 0.6) is 23.0 Å². The number of ether oxygens (including phenoxy) is 4. The first-order valence-electron chi connectivity index (χ1n) is 16.2. The van der Waals surface area contributed by atoms with Gasteiger partial charge < -0.3 is 34.3 Å². The molecule has 6 atom stereocenters. The Morgan fingerprint density at radius 1 is 1.19 bits per heavy atom. The Hall–Kier alpha value is -4.25. The predicted octanol–water partition coefficient (Wildman–Crippen LogP) is 4.27. The number of hydrogen-bond donors (Lipinski definition) is 2. The van der Waals surface area contributed by atoms with Crippen molar-refractivity contribution in [1.82, 2.24) is 14.5 Å². The monoisotopic (exact) mass is 767 g/mol. The average molecular weight is 768 g/mol. The number of carbonyl (C=O) groups is 2. The number of likely N-dealkylation sites (N-methyl/N-ethyl adjacent to an activating group) is 1. The molecule has 0 bridgehead atoms. The average Bonchev–Trinajstić information content (AvgIpc) is 3.61. The van der Waals surface area contributed by atoms with E-state index >= 15 is 8.78 Å². The summed E-state index contributed by atoms with van der Waals surface area (Å²) in [4.78, 5) is 56.2. The molecule has 5 rings (SSSR count). The van der Waals surface area contributed by atoms with Crippen LogP contribution in [-0.2, 0) is 19.1 Å². The van der Waals surface area contributed by atoms with Gasteiger partial charge in [-0.1, -0.05) is 22.4 Å². The number of nitrogens with one attached hydrogen (secondary N) is 1. The van der Waals surface area contributed by atoms with Crippen LogP contribution >= 0.6 is 19.8 Å².